The molecule has 2 aromatic rings. The predicted molar refractivity (Wildman–Crippen MR) is 86.9 cm³/mol. The normalized spacial score (nSPS) is 13.9. The quantitative estimate of drug-likeness (QED) is 0.857. The number of carbonyl (C=O) groups is 1. The number of hydrogen-bond donors (Lipinski definition) is 2. The Morgan fingerprint density at radius 1 is 1.24 bits per heavy atom. The molecule has 0 fully saturated rings. The number of rotatable bonds is 6. The maximum atomic E-state index is 11.5. The Kier molecular flexibility index (Phi) is 4.48. The molecule has 2 N–H and O–H groups in total. The van der Waals surface area contributed by atoms with Gasteiger partial charge >= 0.3 is 5.97 Å². The Morgan fingerprint density at radius 2 is 1.90 bits per heavy atom. The largest absolute Gasteiger partial charge is 0.480 e. The molecular formula is C17H22N2O2. The molecule has 0 saturated carbocycles. The number of fused-ring (bicyclic) bond motifs is 1. The Morgan fingerprint density at radius 3 is 2.52 bits per heavy atom. The van der Waals surface area contributed by atoms with Crippen LogP contribution < -0.4 is 10.2 Å². The fourth-order valence-corrected chi connectivity index (χ4v) is 2.49. The molecule has 0 bridgehead atoms. The molecule has 0 aliphatic rings. The predicted octanol–water partition coefficient (Wildman–Crippen LogP) is 2.73. The fraction of sp³-hybridized carbons (Fsp3) is 0.353. The molecule has 1 unspecified atom stereocenters. The van der Waals surface area contributed by atoms with E-state index < -0.39 is 11.5 Å². The second kappa shape index (κ2) is 6.14. The minimum Gasteiger partial charge on any atom is -0.480 e. The lowest BCUT2D eigenvalue weighted by Crippen LogP contribution is -2.55. The number of likely N-dealkylation sites (N-methyl/N-ethyl adjacent to an activating group) is 2. The third kappa shape index (κ3) is 3.00. The van der Waals surface area contributed by atoms with E-state index in [2.05, 4.69) is 28.4 Å². The molecule has 0 amide bonds. The molecule has 2 aromatic carbocycles. The van der Waals surface area contributed by atoms with Crippen molar-refractivity contribution >= 4 is 22.4 Å². The average Bonchev–Trinajstić information content (AvgIpc) is 2.51. The molecule has 0 aromatic heterocycles. The van der Waals surface area contributed by atoms with Gasteiger partial charge in [0.15, 0.2) is 0 Å². The van der Waals surface area contributed by atoms with Gasteiger partial charge in [0.05, 0.1) is 0 Å². The van der Waals surface area contributed by atoms with Crippen molar-refractivity contribution in [1.82, 2.24) is 5.32 Å². The first-order valence-electron chi connectivity index (χ1n) is 7.17. The number of benzene rings is 2. The second-order valence-electron chi connectivity index (χ2n) is 5.40. The van der Waals surface area contributed by atoms with Crippen LogP contribution in [0.1, 0.15) is 13.8 Å². The van der Waals surface area contributed by atoms with E-state index in [9.17, 15) is 9.90 Å². The number of nitrogens with zero attached hydrogens (tertiary/aromatic N) is 1. The lowest BCUT2D eigenvalue weighted by Gasteiger charge is -2.33. The SMILES string of the molecule is CCN(CC(C)(NC)C(=O)O)c1cccc2ccccc12. The Bertz CT molecular complexity index is 636. The van der Waals surface area contributed by atoms with Gasteiger partial charge in [-0.3, -0.25) is 4.79 Å². The zero-order valence-electron chi connectivity index (χ0n) is 12.8. The third-order valence-corrected chi connectivity index (χ3v) is 4.02. The monoisotopic (exact) mass is 286 g/mol. The Hall–Kier alpha value is -2.07. The van der Waals surface area contributed by atoms with Crippen molar-refractivity contribution in [3.05, 3.63) is 42.5 Å². The summed E-state index contributed by atoms with van der Waals surface area (Å²) in [6.07, 6.45) is 0. The van der Waals surface area contributed by atoms with E-state index >= 15 is 0 Å². The molecule has 21 heavy (non-hydrogen) atoms. The molecule has 0 saturated heterocycles. The summed E-state index contributed by atoms with van der Waals surface area (Å²) in [5, 5.41) is 14.7. The van der Waals surface area contributed by atoms with Gasteiger partial charge in [0, 0.05) is 24.2 Å². The van der Waals surface area contributed by atoms with E-state index in [-0.39, 0.29) is 0 Å². The van der Waals surface area contributed by atoms with Crippen LogP contribution in [0.15, 0.2) is 42.5 Å². The van der Waals surface area contributed by atoms with E-state index in [1.165, 1.54) is 0 Å². The van der Waals surface area contributed by atoms with E-state index in [0.29, 0.717) is 6.54 Å². The summed E-state index contributed by atoms with van der Waals surface area (Å²) >= 11 is 0. The molecule has 2 rings (SSSR count). The molecule has 0 radical (unpaired) electrons. The molecule has 0 spiro atoms. The number of anilines is 1. The van der Waals surface area contributed by atoms with Gasteiger partial charge < -0.3 is 15.3 Å². The van der Waals surface area contributed by atoms with Gasteiger partial charge in [-0.05, 0) is 32.3 Å². The van der Waals surface area contributed by atoms with E-state index in [4.69, 9.17) is 0 Å². The Labute approximate surface area is 125 Å². The molecule has 4 heteroatoms. The first-order valence-corrected chi connectivity index (χ1v) is 7.17. The van der Waals surface area contributed by atoms with Crippen molar-refractivity contribution in [2.45, 2.75) is 19.4 Å². The number of carboxylic acid groups (broad SMARTS) is 1. The Balaban J connectivity index is 2.43. The fourth-order valence-electron chi connectivity index (χ4n) is 2.49. The highest BCUT2D eigenvalue weighted by atomic mass is 16.4. The zero-order valence-corrected chi connectivity index (χ0v) is 12.8. The minimum absolute atomic E-state index is 0.406. The summed E-state index contributed by atoms with van der Waals surface area (Å²) in [5.74, 6) is -0.844. The van der Waals surface area contributed by atoms with E-state index in [1.54, 1.807) is 14.0 Å². The number of nitrogens with one attached hydrogen (secondary N) is 1. The van der Waals surface area contributed by atoms with E-state index in [1.807, 2.05) is 31.2 Å². The summed E-state index contributed by atoms with van der Waals surface area (Å²) in [4.78, 5) is 13.6. The first-order chi connectivity index (χ1) is 10.0. The summed E-state index contributed by atoms with van der Waals surface area (Å²) in [6, 6.07) is 14.3. The van der Waals surface area contributed by atoms with Crippen molar-refractivity contribution in [2.24, 2.45) is 0 Å². The van der Waals surface area contributed by atoms with Gasteiger partial charge in [0.2, 0.25) is 0 Å². The van der Waals surface area contributed by atoms with Crippen LogP contribution in [-0.2, 0) is 4.79 Å². The molecule has 0 aliphatic carbocycles. The summed E-state index contributed by atoms with van der Waals surface area (Å²) in [7, 11) is 1.69. The standard InChI is InChI=1S/C17H22N2O2/c1-4-19(12-17(2,18-3)16(20)21)15-11-7-9-13-8-5-6-10-14(13)15/h5-11,18H,4,12H2,1-3H3,(H,20,21). The van der Waals surface area contributed by atoms with Crippen molar-refractivity contribution in [3.63, 3.8) is 0 Å². The van der Waals surface area contributed by atoms with Crippen LogP contribution in [0.3, 0.4) is 0 Å². The molecule has 4 nitrogen and oxygen atoms in total. The van der Waals surface area contributed by atoms with Gasteiger partial charge in [-0.2, -0.15) is 0 Å². The van der Waals surface area contributed by atoms with Gasteiger partial charge in [-0.15, -0.1) is 0 Å². The summed E-state index contributed by atoms with van der Waals surface area (Å²) < 4.78 is 0. The maximum Gasteiger partial charge on any atom is 0.325 e. The van der Waals surface area contributed by atoms with Crippen molar-refractivity contribution in [1.29, 1.82) is 0 Å². The molecule has 0 heterocycles. The smallest absolute Gasteiger partial charge is 0.325 e. The second-order valence-corrected chi connectivity index (χ2v) is 5.40. The highest BCUT2D eigenvalue weighted by Crippen LogP contribution is 2.27. The van der Waals surface area contributed by atoms with Crippen LogP contribution in [0.2, 0.25) is 0 Å². The lowest BCUT2D eigenvalue weighted by molar-refractivity contribution is -0.143. The van der Waals surface area contributed by atoms with Gasteiger partial charge in [-0.25, -0.2) is 0 Å². The maximum absolute atomic E-state index is 11.5. The summed E-state index contributed by atoms with van der Waals surface area (Å²) in [5.41, 5.74) is 0.0887. The molecular weight excluding hydrogens is 264 g/mol. The van der Waals surface area contributed by atoms with Gasteiger partial charge in [-0.1, -0.05) is 36.4 Å². The third-order valence-electron chi connectivity index (χ3n) is 4.02. The van der Waals surface area contributed by atoms with E-state index in [0.717, 1.165) is 23.0 Å². The molecule has 1 atom stereocenters. The molecule has 112 valence electrons. The topological polar surface area (TPSA) is 52.6 Å². The summed E-state index contributed by atoms with van der Waals surface area (Å²) in [6.45, 7) is 4.91. The van der Waals surface area contributed by atoms with Crippen molar-refractivity contribution in [3.8, 4) is 0 Å². The first kappa shape index (κ1) is 15.3. The number of aliphatic carboxylic acids is 1. The van der Waals surface area contributed by atoms with Gasteiger partial charge in [0.25, 0.3) is 0 Å². The van der Waals surface area contributed by atoms with Crippen molar-refractivity contribution < 1.29 is 9.90 Å². The zero-order chi connectivity index (χ0) is 15.5. The minimum atomic E-state index is -0.979. The van der Waals surface area contributed by atoms with Crippen LogP contribution in [0.4, 0.5) is 5.69 Å². The number of hydrogen-bond acceptors (Lipinski definition) is 3. The van der Waals surface area contributed by atoms with Crippen LogP contribution in [0.25, 0.3) is 10.8 Å². The van der Waals surface area contributed by atoms with Crippen LogP contribution in [-0.4, -0.2) is 36.8 Å². The highest BCUT2D eigenvalue weighted by molar-refractivity contribution is 5.94. The van der Waals surface area contributed by atoms with Crippen molar-refractivity contribution in [2.75, 3.05) is 25.0 Å². The lowest BCUT2D eigenvalue weighted by atomic mass is 10.0. The number of carboxylic acids is 1. The van der Waals surface area contributed by atoms with Crippen LogP contribution in [0.5, 0.6) is 0 Å². The van der Waals surface area contributed by atoms with Crippen LogP contribution in [0, 0.1) is 0 Å². The average molecular weight is 286 g/mol. The van der Waals surface area contributed by atoms with Gasteiger partial charge in [0.1, 0.15) is 5.54 Å². The highest BCUT2D eigenvalue weighted by Gasteiger charge is 2.33. The molecule has 0 aliphatic heterocycles. The van der Waals surface area contributed by atoms with Crippen LogP contribution >= 0.6 is 0 Å².